The summed E-state index contributed by atoms with van der Waals surface area (Å²) in [5.41, 5.74) is 2.56. The summed E-state index contributed by atoms with van der Waals surface area (Å²) in [6.07, 6.45) is 2.09. The third-order valence-electron chi connectivity index (χ3n) is 3.14. The molecule has 1 atom stereocenters. The van der Waals surface area contributed by atoms with E-state index >= 15 is 0 Å². The zero-order valence-corrected chi connectivity index (χ0v) is 11.8. The number of para-hydroxylation sites is 1. The molecule has 1 rings (SSSR count). The van der Waals surface area contributed by atoms with Crippen molar-refractivity contribution in [2.24, 2.45) is 0 Å². The monoisotopic (exact) mass is 235 g/mol. The number of hydrogen-bond donors (Lipinski definition) is 0. The smallest absolute Gasteiger partial charge is 0.125 e. The van der Waals surface area contributed by atoms with Crippen molar-refractivity contribution < 1.29 is 4.74 Å². The van der Waals surface area contributed by atoms with Crippen LogP contribution in [0.25, 0.3) is 0 Å². The Morgan fingerprint density at radius 3 is 2.59 bits per heavy atom. The van der Waals surface area contributed by atoms with Crippen LogP contribution in [0.1, 0.15) is 31.4 Å². The predicted molar refractivity (Wildman–Crippen MR) is 73.8 cm³/mol. The minimum atomic E-state index is 0.528. The van der Waals surface area contributed by atoms with Crippen LogP contribution in [0, 0.1) is 6.92 Å². The molecule has 1 aromatic rings. The number of hydrogen-bond acceptors (Lipinski definition) is 2. The molecule has 2 heteroatoms. The number of nitrogens with zero attached hydrogens (tertiary/aromatic N) is 1. The van der Waals surface area contributed by atoms with E-state index in [0.717, 1.165) is 25.2 Å². The van der Waals surface area contributed by atoms with Crippen molar-refractivity contribution in [1.82, 2.24) is 4.90 Å². The number of aryl methyl sites for hydroxylation is 1. The lowest BCUT2D eigenvalue weighted by atomic mass is 10.0. The van der Waals surface area contributed by atoms with Gasteiger partial charge in [-0.3, -0.25) is 0 Å². The number of likely N-dealkylation sites (N-methyl/N-ethyl adjacent to an activating group) is 1. The van der Waals surface area contributed by atoms with Gasteiger partial charge in [0.15, 0.2) is 0 Å². The van der Waals surface area contributed by atoms with E-state index in [1.165, 1.54) is 11.1 Å². The number of rotatable bonds is 6. The van der Waals surface area contributed by atoms with Gasteiger partial charge in [0.1, 0.15) is 5.75 Å². The van der Waals surface area contributed by atoms with Gasteiger partial charge in [-0.25, -0.2) is 0 Å². The van der Waals surface area contributed by atoms with Crippen LogP contribution in [0.5, 0.6) is 5.75 Å². The first-order valence-corrected chi connectivity index (χ1v) is 6.44. The highest BCUT2D eigenvalue weighted by Gasteiger charge is 2.11. The van der Waals surface area contributed by atoms with Crippen molar-refractivity contribution in [1.29, 1.82) is 0 Å². The summed E-state index contributed by atoms with van der Waals surface area (Å²) < 4.78 is 5.88. The van der Waals surface area contributed by atoms with E-state index in [9.17, 15) is 0 Å². The molecule has 0 fully saturated rings. The Labute approximate surface area is 106 Å². The van der Waals surface area contributed by atoms with E-state index in [0.29, 0.717) is 6.04 Å². The second-order valence-electron chi connectivity index (χ2n) is 4.93. The number of benzene rings is 1. The SMILES string of the molecule is CCCOc1c(C)cccc1CC(C)N(C)C. The van der Waals surface area contributed by atoms with Crippen LogP contribution in [0.2, 0.25) is 0 Å². The van der Waals surface area contributed by atoms with Crippen molar-refractivity contribution in [2.45, 2.75) is 39.7 Å². The van der Waals surface area contributed by atoms with Crippen molar-refractivity contribution in [3.05, 3.63) is 29.3 Å². The molecule has 17 heavy (non-hydrogen) atoms. The zero-order chi connectivity index (χ0) is 12.8. The Morgan fingerprint density at radius 2 is 2.00 bits per heavy atom. The Balaban J connectivity index is 2.86. The Morgan fingerprint density at radius 1 is 1.29 bits per heavy atom. The summed E-state index contributed by atoms with van der Waals surface area (Å²) in [7, 11) is 4.24. The van der Waals surface area contributed by atoms with Gasteiger partial charge >= 0.3 is 0 Å². The van der Waals surface area contributed by atoms with Crippen molar-refractivity contribution in [3.63, 3.8) is 0 Å². The van der Waals surface area contributed by atoms with Gasteiger partial charge in [-0.05, 0) is 51.9 Å². The molecule has 0 bridgehead atoms. The molecule has 0 saturated heterocycles. The molecule has 0 N–H and O–H groups in total. The summed E-state index contributed by atoms with van der Waals surface area (Å²) in [5.74, 6) is 1.09. The summed E-state index contributed by atoms with van der Waals surface area (Å²) in [6.45, 7) is 7.30. The molecule has 0 heterocycles. The van der Waals surface area contributed by atoms with Crippen LogP contribution in [-0.2, 0) is 6.42 Å². The van der Waals surface area contributed by atoms with E-state index in [4.69, 9.17) is 4.74 Å². The highest BCUT2D eigenvalue weighted by molar-refractivity contribution is 5.41. The molecule has 96 valence electrons. The molecule has 0 amide bonds. The second-order valence-corrected chi connectivity index (χ2v) is 4.93. The third-order valence-corrected chi connectivity index (χ3v) is 3.14. The van der Waals surface area contributed by atoms with Gasteiger partial charge in [0.25, 0.3) is 0 Å². The van der Waals surface area contributed by atoms with Crippen LogP contribution in [0.4, 0.5) is 0 Å². The molecule has 0 aliphatic rings. The standard InChI is InChI=1S/C15H25NO/c1-6-10-17-15-12(2)8-7-9-14(15)11-13(3)16(4)5/h7-9,13H,6,10-11H2,1-5H3. The third kappa shape index (κ3) is 4.04. The van der Waals surface area contributed by atoms with Crippen LogP contribution in [0.3, 0.4) is 0 Å². The van der Waals surface area contributed by atoms with E-state index in [1.54, 1.807) is 0 Å². The first-order valence-electron chi connectivity index (χ1n) is 6.44. The van der Waals surface area contributed by atoms with Gasteiger partial charge in [0, 0.05) is 6.04 Å². The van der Waals surface area contributed by atoms with Gasteiger partial charge in [0.05, 0.1) is 6.61 Å². The Bertz CT molecular complexity index is 347. The maximum atomic E-state index is 5.88. The normalized spacial score (nSPS) is 12.8. The van der Waals surface area contributed by atoms with E-state index < -0.39 is 0 Å². The second kappa shape index (κ2) is 6.65. The fourth-order valence-corrected chi connectivity index (χ4v) is 1.79. The fraction of sp³-hybridized carbons (Fsp3) is 0.600. The van der Waals surface area contributed by atoms with Gasteiger partial charge in [-0.1, -0.05) is 25.1 Å². The minimum absolute atomic E-state index is 0.528. The average molecular weight is 235 g/mol. The van der Waals surface area contributed by atoms with E-state index in [1.807, 2.05) is 0 Å². The fourth-order valence-electron chi connectivity index (χ4n) is 1.79. The average Bonchev–Trinajstić information content (AvgIpc) is 2.28. The summed E-state index contributed by atoms with van der Waals surface area (Å²) in [6, 6.07) is 6.94. The molecule has 1 unspecified atom stereocenters. The largest absolute Gasteiger partial charge is 0.493 e. The zero-order valence-electron chi connectivity index (χ0n) is 11.8. The first-order chi connectivity index (χ1) is 8.06. The minimum Gasteiger partial charge on any atom is -0.493 e. The lowest BCUT2D eigenvalue weighted by Crippen LogP contribution is -2.26. The lowest BCUT2D eigenvalue weighted by Gasteiger charge is -2.22. The molecule has 0 radical (unpaired) electrons. The van der Waals surface area contributed by atoms with Crippen LogP contribution < -0.4 is 4.74 Å². The van der Waals surface area contributed by atoms with Crippen LogP contribution >= 0.6 is 0 Å². The molecule has 1 aromatic carbocycles. The van der Waals surface area contributed by atoms with Crippen LogP contribution in [-0.4, -0.2) is 31.6 Å². The topological polar surface area (TPSA) is 12.5 Å². The van der Waals surface area contributed by atoms with E-state index in [-0.39, 0.29) is 0 Å². The van der Waals surface area contributed by atoms with Gasteiger partial charge < -0.3 is 9.64 Å². The Kier molecular flexibility index (Phi) is 5.49. The van der Waals surface area contributed by atoms with Crippen LogP contribution in [0.15, 0.2) is 18.2 Å². The van der Waals surface area contributed by atoms with Gasteiger partial charge in [0.2, 0.25) is 0 Å². The molecule has 0 aliphatic heterocycles. The molecule has 2 nitrogen and oxygen atoms in total. The molecule has 0 spiro atoms. The van der Waals surface area contributed by atoms with Gasteiger partial charge in [-0.15, -0.1) is 0 Å². The van der Waals surface area contributed by atoms with Crippen molar-refractivity contribution >= 4 is 0 Å². The molecule has 0 aliphatic carbocycles. The quantitative estimate of drug-likeness (QED) is 0.750. The maximum absolute atomic E-state index is 5.88. The molecule has 0 aromatic heterocycles. The highest BCUT2D eigenvalue weighted by Crippen LogP contribution is 2.25. The summed E-state index contributed by atoms with van der Waals surface area (Å²) in [4.78, 5) is 2.24. The first kappa shape index (κ1) is 14.0. The number of ether oxygens (including phenoxy) is 1. The predicted octanol–water partition coefficient (Wildman–Crippen LogP) is 3.28. The Hall–Kier alpha value is -1.02. The van der Waals surface area contributed by atoms with E-state index in [2.05, 4.69) is 58.0 Å². The summed E-state index contributed by atoms with van der Waals surface area (Å²) in [5, 5.41) is 0. The highest BCUT2D eigenvalue weighted by atomic mass is 16.5. The molecular weight excluding hydrogens is 210 g/mol. The molecular formula is C15H25NO. The maximum Gasteiger partial charge on any atom is 0.125 e. The summed E-state index contributed by atoms with van der Waals surface area (Å²) >= 11 is 0. The van der Waals surface area contributed by atoms with Gasteiger partial charge in [-0.2, -0.15) is 0 Å². The molecule has 0 saturated carbocycles. The lowest BCUT2D eigenvalue weighted by molar-refractivity contribution is 0.293. The van der Waals surface area contributed by atoms with Crippen molar-refractivity contribution in [2.75, 3.05) is 20.7 Å². The van der Waals surface area contributed by atoms with Crippen molar-refractivity contribution in [3.8, 4) is 5.75 Å².